The number of hydrogen-bond donors (Lipinski definition) is 1. The molecule has 0 spiro atoms. The van der Waals surface area contributed by atoms with Crippen LogP contribution < -0.4 is 5.32 Å². The largest absolute Gasteiger partial charge is 0.365 e. The van der Waals surface area contributed by atoms with Crippen LogP contribution in [-0.4, -0.2) is 19.7 Å². The van der Waals surface area contributed by atoms with Crippen molar-refractivity contribution in [3.63, 3.8) is 0 Å². The van der Waals surface area contributed by atoms with E-state index in [1.54, 1.807) is 5.57 Å². The number of hydrogen-bond acceptors (Lipinski definition) is 2. The molecule has 0 saturated heterocycles. The number of allylic oxidation sites excluding steroid dienone is 1. The normalized spacial score (nSPS) is 16.0. The molecule has 3 rings (SSSR count). The highest BCUT2D eigenvalue weighted by Gasteiger charge is 2.40. The Morgan fingerprint density at radius 1 is 0.929 bits per heavy atom. The summed E-state index contributed by atoms with van der Waals surface area (Å²) in [5.41, 5.74) is 3.64. The fourth-order valence-electron chi connectivity index (χ4n) is 4.51. The van der Waals surface area contributed by atoms with Crippen molar-refractivity contribution >= 4 is 0 Å². The molecule has 1 aliphatic carbocycles. The van der Waals surface area contributed by atoms with E-state index in [-0.39, 0.29) is 0 Å². The minimum absolute atomic E-state index is 0.294. The number of benzene rings is 2. The first-order valence-corrected chi connectivity index (χ1v) is 10.9. The summed E-state index contributed by atoms with van der Waals surface area (Å²) in [6, 6.07) is 21.4. The van der Waals surface area contributed by atoms with Crippen molar-refractivity contribution in [2.45, 2.75) is 51.6 Å². The third-order valence-corrected chi connectivity index (χ3v) is 5.95. The van der Waals surface area contributed by atoms with Crippen LogP contribution in [0.2, 0.25) is 0 Å². The molecule has 1 atom stereocenters. The summed E-state index contributed by atoms with van der Waals surface area (Å²) >= 11 is 0. The van der Waals surface area contributed by atoms with E-state index in [1.165, 1.54) is 43.2 Å². The molecule has 1 unspecified atom stereocenters. The molecule has 1 aliphatic rings. The fourth-order valence-corrected chi connectivity index (χ4v) is 4.51. The molecule has 1 N–H and O–H groups in total. The van der Waals surface area contributed by atoms with Gasteiger partial charge in [-0.05, 0) is 43.7 Å². The first-order valence-electron chi connectivity index (χ1n) is 10.9. The third-order valence-electron chi connectivity index (χ3n) is 5.95. The van der Waals surface area contributed by atoms with E-state index in [9.17, 15) is 0 Å². The van der Waals surface area contributed by atoms with Crippen LogP contribution in [0.3, 0.4) is 0 Å². The van der Waals surface area contributed by atoms with E-state index in [1.807, 2.05) is 0 Å². The van der Waals surface area contributed by atoms with Crippen LogP contribution in [0.1, 0.15) is 57.1 Å². The molecule has 0 aliphatic heterocycles. The molecule has 2 aromatic carbocycles. The summed E-state index contributed by atoms with van der Waals surface area (Å²) in [6.45, 7) is 6.93. The summed E-state index contributed by atoms with van der Waals surface area (Å²) in [5, 5.41) is 3.68. The minimum atomic E-state index is -0.442. The van der Waals surface area contributed by atoms with Crippen molar-refractivity contribution in [1.29, 1.82) is 0 Å². The van der Waals surface area contributed by atoms with Gasteiger partial charge in [0.1, 0.15) is 5.60 Å². The monoisotopic (exact) mass is 377 g/mol. The molecule has 1 saturated carbocycles. The van der Waals surface area contributed by atoms with Crippen LogP contribution in [0.4, 0.5) is 0 Å². The summed E-state index contributed by atoms with van der Waals surface area (Å²) in [6.07, 6.45) is 9.10. The van der Waals surface area contributed by atoms with E-state index in [0.717, 1.165) is 13.1 Å². The highest BCUT2D eigenvalue weighted by atomic mass is 16.5. The zero-order chi connectivity index (χ0) is 19.7. The second kappa shape index (κ2) is 10.6. The van der Waals surface area contributed by atoms with E-state index in [2.05, 4.69) is 85.9 Å². The Morgan fingerprint density at radius 3 is 2.04 bits per heavy atom. The second-order valence-electron chi connectivity index (χ2n) is 7.88. The summed E-state index contributed by atoms with van der Waals surface area (Å²) < 4.78 is 6.56. The molecule has 0 bridgehead atoms. The van der Waals surface area contributed by atoms with Crippen molar-refractivity contribution in [3.8, 4) is 0 Å². The summed E-state index contributed by atoms with van der Waals surface area (Å²) in [4.78, 5) is 0. The summed E-state index contributed by atoms with van der Waals surface area (Å²) in [7, 11) is 0. The van der Waals surface area contributed by atoms with Gasteiger partial charge in [0.2, 0.25) is 0 Å². The van der Waals surface area contributed by atoms with E-state index >= 15 is 0 Å². The molecule has 2 heteroatoms. The predicted molar refractivity (Wildman–Crippen MR) is 118 cm³/mol. The average Bonchev–Trinajstić information content (AvgIpc) is 2.77. The highest BCUT2D eigenvalue weighted by molar-refractivity contribution is 5.37. The van der Waals surface area contributed by atoms with Crippen LogP contribution >= 0.6 is 0 Å². The van der Waals surface area contributed by atoms with Gasteiger partial charge >= 0.3 is 0 Å². The lowest BCUT2D eigenvalue weighted by Crippen LogP contribution is -2.43. The second-order valence-corrected chi connectivity index (χ2v) is 7.88. The first-order chi connectivity index (χ1) is 13.8. The topological polar surface area (TPSA) is 21.3 Å². The maximum absolute atomic E-state index is 6.56. The van der Waals surface area contributed by atoms with Gasteiger partial charge in [-0.3, -0.25) is 0 Å². The molecular weight excluding hydrogens is 342 g/mol. The van der Waals surface area contributed by atoms with Gasteiger partial charge in [0.25, 0.3) is 0 Å². The van der Waals surface area contributed by atoms with Crippen molar-refractivity contribution < 1.29 is 4.74 Å². The number of ether oxygens (including phenoxy) is 1. The molecule has 1 fully saturated rings. The van der Waals surface area contributed by atoms with Crippen molar-refractivity contribution in [3.05, 3.63) is 83.4 Å². The fraction of sp³-hybridized carbons (Fsp3) is 0.462. The smallest absolute Gasteiger partial charge is 0.122 e. The number of nitrogens with one attached hydrogen (secondary N) is 1. The predicted octanol–water partition coefficient (Wildman–Crippen LogP) is 6.08. The van der Waals surface area contributed by atoms with Gasteiger partial charge in [-0.2, -0.15) is 0 Å². The van der Waals surface area contributed by atoms with Crippen molar-refractivity contribution in [2.75, 3.05) is 19.7 Å². The maximum atomic E-state index is 6.56. The number of rotatable bonds is 9. The Labute approximate surface area is 171 Å². The van der Waals surface area contributed by atoms with Crippen LogP contribution in [0, 0.1) is 5.92 Å². The molecule has 0 aromatic heterocycles. The van der Waals surface area contributed by atoms with Gasteiger partial charge in [0.15, 0.2) is 0 Å². The van der Waals surface area contributed by atoms with E-state index in [4.69, 9.17) is 4.74 Å². The zero-order valence-corrected chi connectivity index (χ0v) is 17.5. The molecule has 2 aromatic rings. The lowest BCUT2D eigenvalue weighted by atomic mass is 9.76. The molecular formula is C26H35NO. The Morgan fingerprint density at radius 2 is 1.50 bits per heavy atom. The van der Waals surface area contributed by atoms with Crippen molar-refractivity contribution in [2.24, 2.45) is 5.92 Å². The first kappa shape index (κ1) is 20.8. The van der Waals surface area contributed by atoms with Gasteiger partial charge in [-0.25, -0.2) is 0 Å². The molecule has 0 radical (unpaired) electrons. The standard InChI is InChI=1S/C26H35NO/c1-3-28-26(24-15-9-5-10-16-24,25-17-11-6-12-18-25)22(2)21-27-20-19-23-13-7-4-8-14-23/h5-6,9-12,15-19,22,27H,3-4,7-8,13-14,20-21H2,1-2H3. The molecule has 28 heavy (non-hydrogen) atoms. The Kier molecular flexibility index (Phi) is 7.88. The van der Waals surface area contributed by atoms with E-state index in [0.29, 0.717) is 12.5 Å². The van der Waals surface area contributed by atoms with Crippen LogP contribution in [-0.2, 0) is 10.3 Å². The van der Waals surface area contributed by atoms with Gasteiger partial charge in [-0.15, -0.1) is 0 Å². The zero-order valence-electron chi connectivity index (χ0n) is 17.5. The van der Waals surface area contributed by atoms with Crippen molar-refractivity contribution in [1.82, 2.24) is 5.32 Å². The van der Waals surface area contributed by atoms with Crippen LogP contribution in [0.25, 0.3) is 0 Å². The van der Waals surface area contributed by atoms with Crippen LogP contribution in [0.15, 0.2) is 72.3 Å². The SMILES string of the molecule is CCOC(c1ccccc1)(c1ccccc1)C(C)CNCC=C1CCCCC1. The molecule has 2 nitrogen and oxygen atoms in total. The van der Waals surface area contributed by atoms with Gasteiger partial charge in [0.05, 0.1) is 0 Å². The summed E-state index contributed by atoms with van der Waals surface area (Å²) in [5.74, 6) is 0.294. The van der Waals surface area contributed by atoms with Gasteiger partial charge < -0.3 is 10.1 Å². The van der Waals surface area contributed by atoms with E-state index < -0.39 is 5.60 Å². The maximum Gasteiger partial charge on any atom is 0.122 e. The molecule has 0 amide bonds. The Hall–Kier alpha value is -1.90. The molecule has 150 valence electrons. The Balaban J connectivity index is 1.79. The lowest BCUT2D eigenvalue weighted by Gasteiger charge is -2.40. The van der Waals surface area contributed by atoms with Gasteiger partial charge in [-0.1, -0.05) is 85.7 Å². The van der Waals surface area contributed by atoms with Gasteiger partial charge in [0, 0.05) is 25.6 Å². The molecule has 0 heterocycles. The van der Waals surface area contributed by atoms with Crippen LogP contribution in [0.5, 0.6) is 0 Å². The average molecular weight is 378 g/mol. The minimum Gasteiger partial charge on any atom is -0.365 e. The Bertz CT molecular complexity index is 675. The third kappa shape index (κ3) is 4.92. The highest BCUT2D eigenvalue weighted by Crippen LogP contribution is 2.40. The lowest BCUT2D eigenvalue weighted by molar-refractivity contribution is -0.0505. The quantitative estimate of drug-likeness (QED) is 0.422.